The van der Waals surface area contributed by atoms with E-state index in [-0.39, 0.29) is 0 Å². The number of nitrogens with one attached hydrogen (secondary N) is 1. The maximum atomic E-state index is 4.04. The molecule has 0 radical (unpaired) electrons. The molecule has 0 bridgehead atoms. The Bertz CT molecular complexity index is 447. The summed E-state index contributed by atoms with van der Waals surface area (Å²) in [6, 6.07) is 4.89. The second-order valence-electron chi connectivity index (χ2n) is 4.63. The van der Waals surface area contributed by atoms with Crippen LogP contribution in [0.5, 0.6) is 0 Å². The molecule has 2 heterocycles. The first-order valence-corrected chi connectivity index (χ1v) is 7.33. The Morgan fingerprint density at radius 3 is 2.94 bits per heavy atom. The highest BCUT2D eigenvalue weighted by atomic mass is 32.1. The first-order chi connectivity index (χ1) is 8.75. The van der Waals surface area contributed by atoms with Crippen LogP contribution in [0.1, 0.15) is 35.6 Å². The second-order valence-corrected chi connectivity index (χ2v) is 5.95. The summed E-state index contributed by atoms with van der Waals surface area (Å²) in [4.78, 5) is 6.86. The molecule has 1 N–H and O–H groups in total. The monoisotopic (exact) mass is 263 g/mol. The van der Waals surface area contributed by atoms with Crippen molar-refractivity contribution in [1.29, 1.82) is 0 Å². The second kappa shape index (κ2) is 6.71. The Morgan fingerprint density at radius 1 is 1.39 bits per heavy atom. The smallest absolute Gasteiger partial charge is 0.0945 e. The molecule has 2 aromatic rings. The van der Waals surface area contributed by atoms with E-state index in [0.717, 1.165) is 13.1 Å². The fourth-order valence-electron chi connectivity index (χ4n) is 1.94. The minimum absolute atomic E-state index is 0.469. The van der Waals surface area contributed by atoms with Crippen molar-refractivity contribution in [2.75, 3.05) is 6.54 Å². The molecule has 0 aliphatic heterocycles. The van der Waals surface area contributed by atoms with Crippen LogP contribution >= 0.6 is 11.3 Å². The number of aromatic nitrogens is 2. The molecule has 4 heteroatoms. The Balaban J connectivity index is 1.60. The third kappa shape index (κ3) is 3.96. The van der Waals surface area contributed by atoms with Crippen LogP contribution in [0.15, 0.2) is 30.9 Å². The molecular formula is C14H21N3S. The molecule has 3 nitrogen and oxygen atoms in total. The van der Waals surface area contributed by atoms with Gasteiger partial charge in [0.2, 0.25) is 0 Å². The number of nitrogens with zero attached hydrogens (tertiary/aromatic N) is 2. The van der Waals surface area contributed by atoms with E-state index in [0.29, 0.717) is 6.04 Å². The van der Waals surface area contributed by atoms with Gasteiger partial charge in [-0.25, -0.2) is 4.98 Å². The van der Waals surface area contributed by atoms with Crippen molar-refractivity contribution in [3.63, 3.8) is 0 Å². The zero-order valence-corrected chi connectivity index (χ0v) is 11.9. The highest BCUT2D eigenvalue weighted by Crippen LogP contribution is 2.22. The molecule has 1 unspecified atom stereocenters. The van der Waals surface area contributed by atoms with Crippen molar-refractivity contribution in [2.45, 2.75) is 39.3 Å². The predicted octanol–water partition coefficient (Wildman–Crippen LogP) is 3.38. The van der Waals surface area contributed by atoms with Crippen LogP contribution in [0.25, 0.3) is 0 Å². The van der Waals surface area contributed by atoms with E-state index in [1.54, 1.807) is 0 Å². The first-order valence-electron chi connectivity index (χ1n) is 6.51. The Hall–Kier alpha value is -1.13. The molecule has 0 aromatic carbocycles. The van der Waals surface area contributed by atoms with E-state index in [1.165, 1.54) is 22.6 Å². The summed E-state index contributed by atoms with van der Waals surface area (Å²) in [5.41, 5.74) is 0. The van der Waals surface area contributed by atoms with Crippen LogP contribution in [-0.4, -0.2) is 16.1 Å². The van der Waals surface area contributed by atoms with Crippen LogP contribution in [0.4, 0.5) is 0 Å². The number of imidazole rings is 1. The minimum atomic E-state index is 0.469. The van der Waals surface area contributed by atoms with E-state index >= 15 is 0 Å². The lowest BCUT2D eigenvalue weighted by atomic mass is 10.2. The third-order valence-electron chi connectivity index (χ3n) is 3.04. The number of hydrogen-bond acceptors (Lipinski definition) is 3. The van der Waals surface area contributed by atoms with Crippen LogP contribution in [0.3, 0.4) is 0 Å². The normalized spacial score (nSPS) is 12.8. The van der Waals surface area contributed by atoms with Crippen LogP contribution < -0.4 is 5.32 Å². The summed E-state index contributed by atoms with van der Waals surface area (Å²) in [7, 11) is 0. The van der Waals surface area contributed by atoms with Gasteiger partial charge < -0.3 is 9.88 Å². The van der Waals surface area contributed by atoms with Gasteiger partial charge in [0.25, 0.3) is 0 Å². The first kappa shape index (κ1) is 13.3. The number of aryl methyl sites for hydroxylation is 2. The Morgan fingerprint density at radius 2 is 2.28 bits per heavy atom. The highest BCUT2D eigenvalue weighted by molar-refractivity contribution is 7.12. The van der Waals surface area contributed by atoms with E-state index in [1.807, 2.05) is 30.1 Å². The summed E-state index contributed by atoms with van der Waals surface area (Å²) in [6.07, 6.45) is 8.13. The summed E-state index contributed by atoms with van der Waals surface area (Å²) in [5.74, 6) is 0. The van der Waals surface area contributed by atoms with Crippen molar-refractivity contribution < 1.29 is 0 Å². The quantitative estimate of drug-likeness (QED) is 0.776. The van der Waals surface area contributed by atoms with Gasteiger partial charge in [-0.2, -0.15) is 0 Å². The van der Waals surface area contributed by atoms with Crippen molar-refractivity contribution in [3.05, 3.63) is 40.6 Å². The average molecular weight is 263 g/mol. The van der Waals surface area contributed by atoms with Crippen molar-refractivity contribution in [2.24, 2.45) is 0 Å². The Labute approximate surface area is 113 Å². The largest absolute Gasteiger partial charge is 0.337 e. The van der Waals surface area contributed by atoms with Crippen molar-refractivity contribution in [1.82, 2.24) is 14.9 Å². The van der Waals surface area contributed by atoms with E-state index < -0.39 is 0 Å². The molecule has 0 amide bonds. The fraction of sp³-hybridized carbons (Fsp3) is 0.500. The van der Waals surface area contributed by atoms with Gasteiger partial charge in [0.1, 0.15) is 0 Å². The topological polar surface area (TPSA) is 29.9 Å². The Kier molecular flexibility index (Phi) is 4.96. The van der Waals surface area contributed by atoms with Crippen molar-refractivity contribution in [3.8, 4) is 0 Å². The lowest BCUT2D eigenvalue weighted by Crippen LogP contribution is -2.19. The van der Waals surface area contributed by atoms with E-state index in [2.05, 4.69) is 40.8 Å². The minimum Gasteiger partial charge on any atom is -0.337 e. The van der Waals surface area contributed by atoms with Gasteiger partial charge >= 0.3 is 0 Å². The molecule has 0 aliphatic carbocycles. The molecule has 0 spiro atoms. The lowest BCUT2D eigenvalue weighted by Gasteiger charge is -2.11. The highest BCUT2D eigenvalue weighted by Gasteiger charge is 2.05. The molecule has 18 heavy (non-hydrogen) atoms. The van der Waals surface area contributed by atoms with Crippen LogP contribution in [0, 0.1) is 6.92 Å². The molecule has 0 saturated heterocycles. The maximum Gasteiger partial charge on any atom is 0.0945 e. The molecule has 2 aromatic heterocycles. The van der Waals surface area contributed by atoms with Crippen LogP contribution in [-0.2, 0) is 6.54 Å². The molecular weight excluding hydrogens is 242 g/mol. The van der Waals surface area contributed by atoms with E-state index in [4.69, 9.17) is 0 Å². The van der Waals surface area contributed by atoms with Crippen LogP contribution in [0.2, 0.25) is 0 Å². The van der Waals surface area contributed by atoms with E-state index in [9.17, 15) is 0 Å². The van der Waals surface area contributed by atoms with Gasteiger partial charge in [0.05, 0.1) is 6.33 Å². The molecule has 0 saturated carbocycles. The standard InChI is InChI=1S/C14H21N3S/c1-12-5-6-14(18-12)13(2)16-7-3-4-9-17-10-8-15-11-17/h5-6,8,10-11,13,16H,3-4,7,9H2,1-2H3. The molecule has 0 aliphatic rings. The molecule has 98 valence electrons. The third-order valence-corrected chi connectivity index (χ3v) is 4.22. The fourth-order valence-corrected chi connectivity index (χ4v) is 2.85. The average Bonchev–Trinajstić information content (AvgIpc) is 2.99. The zero-order valence-electron chi connectivity index (χ0n) is 11.1. The van der Waals surface area contributed by atoms with Gasteiger partial charge in [-0.15, -0.1) is 11.3 Å². The molecule has 0 fully saturated rings. The van der Waals surface area contributed by atoms with Gasteiger partial charge in [-0.1, -0.05) is 0 Å². The van der Waals surface area contributed by atoms with Gasteiger partial charge in [0, 0.05) is 34.7 Å². The summed E-state index contributed by atoms with van der Waals surface area (Å²) in [5, 5.41) is 3.58. The number of rotatable bonds is 7. The summed E-state index contributed by atoms with van der Waals surface area (Å²) in [6.45, 7) is 6.54. The number of thiophene rings is 1. The summed E-state index contributed by atoms with van der Waals surface area (Å²) >= 11 is 1.88. The summed E-state index contributed by atoms with van der Waals surface area (Å²) < 4.78 is 2.13. The maximum absolute atomic E-state index is 4.04. The molecule has 2 rings (SSSR count). The predicted molar refractivity (Wildman–Crippen MR) is 76.9 cm³/mol. The van der Waals surface area contributed by atoms with Crippen molar-refractivity contribution >= 4 is 11.3 Å². The van der Waals surface area contributed by atoms with Gasteiger partial charge in [-0.05, 0) is 45.4 Å². The zero-order chi connectivity index (χ0) is 12.8. The molecule has 1 atom stereocenters. The number of unbranched alkanes of at least 4 members (excludes halogenated alkanes) is 1. The lowest BCUT2D eigenvalue weighted by molar-refractivity contribution is 0.527. The SMILES string of the molecule is Cc1ccc(C(C)NCCCCn2ccnc2)s1. The number of hydrogen-bond donors (Lipinski definition) is 1. The van der Waals surface area contributed by atoms with Gasteiger partial charge in [0.15, 0.2) is 0 Å². The van der Waals surface area contributed by atoms with Gasteiger partial charge in [-0.3, -0.25) is 0 Å².